The van der Waals surface area contributed by atoms with Crippen LogP contribution >= 0.6 is 0 Å². The van der Waals surface area contributed by atoms with Crippen LogP contribution in [0.1, 0.15) is 19.4 Å². The predicted octanol–water partition coefficient (Wildman–Crippen LogP) is -1.39. The van der Waals surface area contributed by atoms with Gasteiger partial charge in [0.2, 0.25) is 17.7 Å². The lowest BCUT2D eigenvalue weighted by Crippen LogP contribution is -2.56. The monoisotopic (exact) mass is 433 g/mol. The molecule has 0 aliphatic rings. The number of aliphatic hydroxyl groups is 1. The summed E-state index contributed by atoms with van der Waals surface area (Å²) in [5.41, 5.74) is 7.00. The lowest BCUT2D eigenvalue weighted by atomic mass is 10.0. The SMILES string of the molecule is CC(N)C(=O)NC(C(=O)NCC(=O)NC(Cc1c[nH]c2ccccc12)C(=O)O)C(C)O. The van der Waals surface area contributed by atoms with Gasteiger partial charge in [0, 0.05) is 23.5 Å². The Morgan fingerprint density at radius 1 is 1.10 bits per heavy atom. The number of nitrogens with one attached hydrogen (secondary N) is 4. The van der Waals surface area contributed by atoms with Gasteiger partial charge in [-0.3, -0.25) is 14.4 Å². The largest absolute Gasteiger partial charge is 0.480 e. The molecule has 0 saturated heterocycles. The fraction of sp³-hybridized carbons (Fsp3) is 0.400. The second kappa shape index (κ2) is 10.5. The number of hydrogen-bond acceptors (Lipinski definition) is 6. The summed E-state index contributed by atoms with van der Waals surface area (Å²) in [7, 11) is 0. The molecule has 2 rings (SSSR count). The molecule has 1 aromatic heterocycles. The number of aliphatic hydroxyl groups excluding tert-OH is 1. The number of carboxylic acids is 1. The third-order valence-corrected chi connectivity index (χ3v) is 4.63. The molecule has 11 heteroatoms. The highest BCUT2D eigenvalue weighted by molar-refractivity contribution is 5.93. The molecule has 2 aromatic rings. The first kappa shape index (κ1) is 23.8. The number of aromatic amines is 1. The molecule has 0 radical (unpaired) electrons. The molecule has 1 aromatic carbocycles. The van der Waals surface area contributed by atoms with E-state index >= 15 is 0 Å². The first-order chi connectivity index (χ1) is 14.6. The van der Waals surface area contributed by atoms with Crippen LogP contribution in [0.3, 0.4) is 0 Å². The van der Waals surface area contributed by atoms with Gasteiger partial charge in [0.25, 0.3) is 0 Å². The van der Waals surface area contributed by atoms with E-state index in [1.54, 1.807) is 6.20 Å². The minimum absolute atomic E-state index is 0.0414. The number of aliphatic carboxylic acids is 1. The number of fused-ring (bicyclic) bond motifs is 1. The summed E-state index contributed by atoms with van der Waals surface area (Å²) in [4.78, 5) is 50.8. The third kappa shape index (κ3) is 6.52. The number of nitrogens with two attached hydrogens (primary N) is 1. The quantitative estimate of drug-likeness (QED) is 0.240. The smallest absolute Gasteiger partial charge is 0.326 e. The van der Waals surface area contributed by atoms with Crippen LogP contribution in [0, 0.1) is 0 Å². The van der Waals surface area contributed by atoms with Crippen LogP contribution in [0.5, 0.6) is 0 Å². The van der Waals surface area contributed by atoms with Crippen LogP contribution in [0.4, 0.5) is 0 Å². The maximum Gasteiger partial charge on any atom is 0.326 e. The van der Waals surface area contributed by atoms with Crippen molar-refractivity contribution in [1.29, 1.82) is 0 Å². The maximum absolute atomic E-state index is 12.2. The Labute approximate surface area is 178 Å². The Morgan fingerprint density at radius 2 is 1.77 bits per heavy atom. The van der Waals surface area contributed by atoms with E-state index in [1.807, 2.05) is 24.3 Å². The molecule has 0 aliphatic heterocycles. The molecule has 0 fully saturated rings. The predicted molar refractivity (Wildman–Crippen MR) is 112 cm³/mol. The summed E-state index contributed by atoms with van der Waals surface area (Å²) < 4.78 is 0. The topological polar surface area (TPSA) is 187 Å². The van der Waals surface area contributed by atoms with E-state index in [2.05, 4.69) is 20.9 Å². The van der Waals surface area contributed by atoms with Crippen molar-refractivity contribution < 1.29 is 29.4 Å². The molecule has 0 spiro atoms. The van der Waals surface area contributed by atoms with Gasteiger partial charge < -0.3 is 36.9 Å². The van der Waals surface area contributed by atoms with Crippen molar-refractivity contribution in [3.8, 4) is 0 Å². The van der Waals surface area contributed by atoms with Crippen molar-refractivity contribution in [2.75, 3.05) is 6.54 Å². The van der Waals surface area contributed by atoms with Gasteiger partial charge in [-0.1, -0.05) is 18.2 Å². The molecule has 8 N–H and O–H groups in total. The number of benzene rings is 1. The number of aromatic nitrogens is 1. The van der Waals surface area contributed by atoms with E-state index in [9.17, 15) is 29.4 Å². The summed E-state index contributed by atoms with van der Waals surface area (Å²) in [6.45, 7) is 2.18. The van der Waals surface area contributed by atoms with Crippen LogP contribution in [-0.2, 0) is 25.6 Å². The lowest BCUT2D eigenvalue weighted by Gasteiger charge is -2.22. The summed E-state index contributed by atoms with van der Waals surface area (Å²) in [6, 6.07) is 3.95. The van der Waals surface area contributed by atoms with Crippen molar-refractivity contribution in [2.45, 2.75) is 44.5 Å². The number of amides is 3. The number of rotatable bonds is 10. The van der Waals surface area contributed by atoms with Gasteiger partial charge in [0.1, 0.15) is 12.1 Å². The summed E-state index contributed by atoms with van der Waals surface area (Å²) >= 11 is 0. The molecule has 31 heavy (non-hydrogen) atoms. The van der Waals surface area contributed by atoms with Crippen LogP contribution < -0.4 is 21.7 Å². The van der Waals surface area contributed by atoms with E-state index < -0.39 is 54.5 Å². The fourth-order valence-corrected chi connectivity index (χ4v) is 2.93. The zero-order valence-electron chi connectivity index (χ0n) is 17.2. The molecule has 168 valence electrons. The van der Waals surface area contributed by atoms with Crippen molar-refractivity contribution in [1.82, 2.24) is 20.9 Å². The van der Waals surface area contributed by atoms with Crippen LogP contribution in [0.25, 0.3) is 10.9 Å². The molecule has 0 aliphatic carbocycles. The van der Waals surface area contributed by atoms with Gasteiger partial charge in [0.05, 0.1) is 18.7 Å². The van der Waals surface area contributed by atoms with E-state index in [0.717, 1.165) is 16.5 Å². The highest BCUT2D eigenvalue weighted by Gasteiger charge is 2.27. The second-order valence-electron chi connectivity index (χ2n) is 7.26. The van der Waals surface area contributed by atoms with Crippen LogP contribution in [0.15, 0.2) is 30.5 Å². The van der Waals surface area contributed by atoms with Crippen molar-refractivity contribution >= 4 is 34.6 Å². The number of hydrogen-bond donors (Lipinski definition) is 7. The van der Waals surface area contributed by atoms with Gasteiger partial charge in [-0.05, 0) is 25.5 Å². The minimum atomic E-state index is -1.31. The number of carbonyl (C=O) groups excluding carboxylic acids is 3. The van der Waals surface area contributed by atoms with E-state index in [4.69, 9.17) is 5.73 Å². The van der Waals surface area contributed by atoms with Crippen LogP contribution in [0.2, 0.25) is 0 Å². The molecule has 3 amide bonds. The molecule has 1 heterocycles. The Balaban J connectivity index is 1.96. The molecule has 4 unspecified atom stereocenters. The Hall–Kier alpha value is -3.44. The minimum Gasteiger partial charge on any atom is -0.480 e. The van der Waals surface area contributed by atoms with Gasteiger partial charge >= 0.3 is 5.97 Å². The average molecular weight is 433 g/mol. The lowest BCUT2D eigenvalue weighted by molar-refractivity contribution is -0.141. The molecule has 0 saturated carbocycles. The molecule has 11 nitrogen and oxygen atoms in total. The summed E-state index contributed by atoms with van der Waals surface area (Å²) in [5.74, 6) is -3.41. The van der Waals surface area contributed by atoms with E-state index in [-0.39, 0.29) is 6.42 Å². The number of H-pyrrole nitrogens is 1. The molecular formula is C20H27N5O6. The third-order valence-electron chi connectivity index (χ3n) is 4.63. The van der Waals surface area contributed by atoms with Gasteiger partial charge in [-0.25, -0.2) is 4.79 Å². The van der Waals surface area contributed by atoms with Gasteiger partial charge in [-0.2, -0.15) is 0 Å². The molecule has 0 bridgehead atoms. The average Bonchev–Trinajstić information content (AvgIpc) is 3.12. The number of para-hydroxylation sites is 1. The highest BCUT2D eigenvalue weighted by atomic mass is 16.4. The fourth-order valence-electron chi connectivity index (χ4n) is 2.93. The van der Waals surface area contributed by atoms with E-state index in [1.165, 1.54) is 13.8 Å². The summed E-state index contributed by atoms with van der Waals surface area (Å²) in [5, 5.41) is 27.0. The second-order valence-corrected chi connectivity index (χ2v) is 7.26. The zero-order chi connectivity index (χ0) is 23.1. The normalized spacial score (nSPS) is 14.8. The summed E-state index contributed by atoms with van der Waals surface area (Å²) in [6.07, 6.45) is 0.488. The van der Waals surface area contributed by atoms with Gasteiger partial charge in [-0.15, -0.1) is 0 Å². The Morgan fingerprint density at radius 3 is 2.39 bits per heavy atom. The van der Waals surface area contributed by atoms with Gasteiger partial charge in [0.15, 0.2) is 0 Å². The first-order valence-electron chi connectivity index (χ1n) is 9.69. The number of carboxylic acid groups (broad SMARTS) is 1. The van der Waals surface area contributed by atoms with Crippen molar-refractivity contribution in [3.63, 3.8) is 0 Å². The van der Waals surface area contributed by atoms with Crippen molar-refractivity contribution in [3.05, 3.63) is 36.0 Å². The zero-order valence-corrected chi connectivity index (χ0v) is 17.2. The van der Waals surface area contributed by atoms with E-state index in [0.29, 0.717) is 0 Å². The number of carbonyl (C=O) groups is 4. The first-order valence-corrected chi connectivity index (χ1v) is 9.69. The van der Waals surface area contributed by atoms with Crippen molar-refractivity contribution in [2.24, 2.45) is 5.73 Å². The highest BCUT2D eigenvalue weighted by Crippen LogP contribution is 2.19. The van der Waals surface area contributed by atoms with Crippen LogP contribution in [-0.4, -0.2) is 69.7 Å². The standard InChI is InChI=1S/C20H27N5O6/c1-10(21)18(28)25-17(11(2)26)19(29)23-9-16(27)24-15(20(30)31)7-12-8-22-14-6-4-3-5-13(12)14/h3-6,8,10-11,15,17,22,26H,7,9,21H2,1-2H3,(H,23,29)(H,24,27)(H,25,28)(H,30,31). The Bertz CT molecular complexity index is 954. The molecular weight excluding hydrogens is 406 g/mol. The maximum atomic E-state index is 12.2. The molecule has 4 atom stereocenters. The Kier molecular flexibility index (Phi) is 8.11.